The van der Waals surface area contributed by atoms with Crippen molar-refractivity contribution < 1.29 is 0 Å². The molecule has 1 aromatic rings. The van der Waals surface area contributed by atoms with Gasteiger partial charge in [0.2, 0.25) is 0 Å². The number of hydrogen-bond acceptors (Lipinski definition) is 0. The zero-order chi connectivity index (χ0) is 13.2. The van der Waals surface area contributed by atoms with E-state index in [1.165, 1.54) is 44.9 Å². The normalized spacial score (nSPS) is 17.7. The summed E-state index contributed by atoms with van der Waals surface area (Å²) in [6, 6.07) is 11.2. The van der Waals surface area contributed by atoms with Crippen LogP contribution in [-0.2, 0) is 0 Å². The molecule has 1 saturated carbocycles. The summed E-state index contributed by atoms with van der Waals surface area (Å²) in [5, 5.41) is 0. The molecular formula is C18H30. The van der Waals surface area contributed by atoms with Crippen LogP contribution in [0.25, 0.3) is 0 Å². The average Bonchev–Trinajstić information content (AvgIpc) is 2.49. The van der Waals surface area contributed by atoms with Crippen molar-refractivity contribution in [3.05, 3.63) is 35.9 Å². The predicted molar refractivity (Wildman–Crippen MR) is 82.0 cm³/mol. The van der Waals surface area contributed by atoms with Crippen molar-refractivity contribution in [2.45, 2.75) is 71.6 Å². The van der Waals surface area contributed by atoms with Crippen LogP contribution in [0.5, 0.6) is 0 Å². The summed E-state index contributed by atoms with van der Waals surface area (Å²) < 4.78 is 0. The third kappa shape index (κ3) is 4.48. The van der Waals surface area contributed by atoms with Gasteiger partial charge in [-0.25, -0.2) is 0 Å². The quantitative estimate of drug-likeness (QED) is 0.595. The minimum absolute atomic E-state index is 0.825. The van der Waals surface area contributed by atoms with Crippen LogP contribution >= 0.6 is 0 Å². The predicted octanol–water partition coefficient (Wildman–Crippen LogP) is 6.18. The molecule has 0 heteroatoms. The van der Waals surface area contributed by atoms with E-state index in [9.17, 15) is 0 Å². The third-order valence-corrected chi connectivity index (χ3v) is 4.05. The van der Waals surface area contributed by atoms with Crippen molar-refractivity contribution in [3.63, 3.8) is 0 Å². The van der Waals surface area contributed by atoms with Gasteiger partial charge in [-0.05, 0) is 36.7 Å². The second-order valence-electron chi connectivity index (χ2n) is 5.20. The lowest BCUT2D eigenvalue weighted by Crippen LogP contribution is -2.16. The van der Waals surface area contributed by atoms with Gasteiger partial charge in [-0.1, -0.05) is 76.8 Å². The second-order valence-corrected chi connectivity index (χ2v) is 5.20. The minimum Gasteiger partial charge on any atom is -0.0683 e. The van der Waals surface area contributed by atoms with Crippen LogP contribution in [0.15, 0.2) is 30.3 Å². The molecule has 18 heavy (non-hydrogen) atoms. The average molecular weight is 246 g/mol. The lowest BCUT2D eigenvalue weighted by atomic mass is 9.75. The standard InChI is InChI=1S/C16H24.C2H6/c1-2-9-16(14-10-5-3-6-11-14)15-12-7-4-8-13-15;1-2/h3,5-6,10-11,15-16H,2,4,7-9,12-13H2,1H3;1-2H3. The van der Waals surface area contributed by atoms with E-state index in [4.69, 9.17) is 0 Å². The maximum atomic E-state index is 2.33. The van der Waals surface area contributed by atoms with Gasteiger partial charge in [0.15, 0.2) is 0 Å². The maximum Gasteiger partial charge on any atom is -0.0134 e. The molecule has 1 unspecified atom stereocenters. The Morgan fingerprint density at radius 2 is 1.61 bits per heavy atom. The van der Waals surface area contributed by atoms with Gasteiger partial charge < -0.3 is 0 Å². The highest BCUT2D eigenvalue weighted by atomic mass is 14.3. The Morgan fingerprint density at radius 1 is 1.00 bits per heavy atom. The summed E-state index contributed by atoms with van der Waals surface area (Å²) >= 11 is 0. The Kier molecular flexibility index (Phi) is 7.80. The first-order valence-corrected chi connectivity index (χ1v) is 7.96. The fraction of sp³-hybridized carbons (Fsp3) is 0.667. The van der Waals surface area contributed by atoms with Crippen molar-refractivity contribution in [3.8, 4) is 0 Å². The molecule has 0 spiro atoms. The minimum atomic E-state index is 0.825. The van der Waals surface area contributed by atoms with Gasteiger partial charge in [0.05, 0.1) is 0 Å². The zero-order valence-corrected chi connectivity index (χ0v) is 12.5. The molecule has 0 aromatic heterocycles. The molecule has 1 fully saturated rings. The van der Waals surface area contributed by atoms with Gasteiger partial charge in [0, 0.05) is 0 Å². The van der Waals surface area contributed by atoms with Crippen LogP contribution in [0.4, 0.5) is 0 Å². The molecule has 2 rings (SSSR count). The first-order valence-electron chi connectivity index (χ1n) is 7.96. The van der Waals surface area contributed by atoms with E-state index in [1.54, 1.807) is 5.56 Å². The Hall–Kier alpha value is -0.780. The summed E-state index contributed by atoms with van der Waals surface area (Å²) in [7, 11) is 0. The van der Waals surface area contributed by atoms with Crippen molar-refractivity contribution in [2.24, 2.45) is 5.92 Å². The third-order valence-electron chi connectivity index (χ3n) is 4.05. The molecule has 1 aliphatic rings. The van der Waals surface area contributed by atoms with Crippen molar-refractivity contribution in [2.75, 3.05) is 0 Å². The molecule has 0 heterocycles. The first kappa shape index (κ1) is 15.3. The lowest BCUT2D eigenvalue weighted by molar-refractivity contribution is 0.293. The van der Waals surface area contributed by atoms with E-state index in [0.29, 0.717) is 0 Å². The zero-order valence-electron chi connectivity index (χ0n) is 12.5. The Morgan fingerprint density at radius 3 is 2.17 bits per heavy atom. The summed E-state index contributed by atoms with van der Waals surface area (Å²) in [6.07, 6.45) is 9.98. The van der Waals surface area contributed by atoms with Crippen LogP contribution in [0.1, 0.15) is 77.2 Å². The second kappa shape index (κ2) is 9.19. The number of hydrogen-bond donors (Lipinski definition) is 0. The van der Waals surface area contributed by atoms with Crippen LogP contribution in [-0.4, -0.2) is 0 Å². The monoisotopic (exact) mass is 246 g/mol. The molecule has 0 aliphatic heterocycles. The molecule has 102 valence electrons. The number of benzene rings is 1. The van der Waals surface area contributed by atoms with E-state index >= 15 is 0 Å². The highest BCUT2D eigenvalue weighted by Crippen LogP contribution is 2.38. The van der Waals surface area contributed by atoms with E-state index in [-0.39, 0.29) is 0 Å². The van der Waals surface area contributed by atoms with Crippen molar-refractivity contribution in [1.82, 2.24) is 0 Å². The molecular weight excluding hydrogens is 216 g/mol. The Balaban J connectivity index is 0.000000771. The molecule has 0 nitrogen and oxygen atoms in total. The maximum absolute atomic E-state index is 2.33. The molecule has 0 bridgehead atoms. The highest BCUT2D eigenvalue weighted by Gasteiger charge is 2.23. The van der Waals surface area contributed by atoms with Crippen LogP contribution < -0.4 is 0 Å². The molecule has 1 atom stereocenters. The Bertz CT molecular complexity index is 282. The van der Waals surface area contributed by atoms with E-state index < -0.39 is 0 Å². The molecule has 1 aromatic carbocycles. The molecule has 0 saturated heterocycles. The van der Waals surface area contributed by atoms with Crippen molar-refractivity contribution >= 4 is 0 Å². The van der Waals surface area contributed by atoms with Gasteiger partial charge >= 0.3 is 0 Å². The summed E-state index contributed by atoms with van der Waals surface area (Å²) in [6.45, 7) is 6.32. The summed E-state index contributed by atoms with van der Waals surface area (Å²) in [5.74, 6) is 1.78. The van der Waals surface area contributed by atoms with Crippen LogP contribution in [0.3, 0.4) is 0 Å². The van der Waals surface area contributed by atoms with E-state index in [2.05, 4.69) is 37.3 Å². The Labute approximate surface area is 114 Å². The fourth-order valence-corrected chi connectivity index (χ4v) is 3.22. The van der Waals surface area contributed by atoms with Crippen molar-refractivity contribution in [1.29, 1.82) is 0 Å². The smallest absolute Gasteiger partial charge is 0.0134 e. The van der Waals surface area contributed by atoms with Crippen LogP contribution in [0.2, 0.25) is 0 Å². The SMILES string of the molecule is CC.CCCC(c1ccccc1)C1CCCCC1. The largest absolute Gasteiger partial charge is 0.0683 e. The van der Waals surface area contributed by atoms with E-state index in [0.717, 1.165) is 11.8 Å². The van der Waals surface area contributed by atoms with Gasteiger partial charge in [-0.15, -0.1) is 0 Å². The first-order chi connectivity index (χ1) is 8.92. The summed E-state index contributed by atoms with van der Waals surface area (Å²) in [4.78, 5) is 0. The van der Waals surface area contributed by atoms with Gasteiger partial charge in [0.25, 0.3) is 0 Å². The lowest BCUT2D eigenvalue weighted by Gasteiger charge is -2.30. The summed E-state index contributed by atoms with van der Waals surface area (Å²) in [5.41, 5.74) is 1.58. The molecule has 1 aliphatic carbocycles. The fourth-order valence-electron chi connectivity index (χ4n) is 3.22. The molecule has 0 N–H and O–H groups in total. The van der Waals surface area contributed by atoms with Gasteiger partial charge in [-0.3, -0.25) is 0 Å². The topological polar surface area (TPSA) is 0 Å². The number of rotatable bonds is 4. The van der Waals surface area contributed by atoms with Gasteiger partial charge in [-0.2, -0.15) is 0 Å². The van der Waals surface area contributed by atoms with Crippen LogP contribution in [0, 0.1) is 5.92 Å². The molecule has 0 radical (unpaired) electrons. The molecule has 0 amide bonds. The van der Waals surface area contributed by atoms with E-state index in [1.807, 2.05) is 13.8 Å². The van der Waals surface area contributed by atoms with Gasteiger partial charge in [0.1, 0.15) is 0 Å². The highest BCUT2D eigenvalue weighted by molar-refractivity contribution is 5.20.